The number of unbranched alkanes of at least 4 members (excludes halogenated alkanes) is 5. The van der Waals surface area contributed by atoms with Gasteiger partial charge in [0.15, 0.2) is 0 Å². The van der Waals surface area contributed by atoms with Crippen molar-refractivity contribution in [1.82, 2.24) is 0 Å². The molecule has 0 spiro atoms. The molecule has 122 valence electrons. The van der Waals surface area contributed by atoms with E-state index in [1.807, 2.05) is 0 Å². The maximum Gasteiger partial charge on any atom is 0.101 e. The molecule has 0 heterocycles. The van der Waals surface area contributed by atoms with Crippen LogP contribution in [-0.4, -0.2) is 12.2 Å². The molecule has 0 fully saturated rings. The van der Waals surface area contributed by atoms with Gasteiger partial charge in [0.25, 0.3) is 0 Å². The van der Waals surface area contributed by atoms with Gasteiger partial charge >= 0.3 is 0 Å². The van der Waals surface area contributed by atoms with Crippen LogP contribution in [0.4, 0.5) is 0 Å². The Bertz CT molecular complexity index is 194. The molecule has 0 aromatic carbocycles. The van der Waals surface area contributed by atoms with Gasteiger partial charge in [0.1, 0.15) is 5.60 Å². The van der Waals surface area contributed by atoms with Gasteiger partial charge in [0.2, 0.25) is 0 Å². The van der Waals surface area contributed by atoms with E-state index in [0.717, 1.165) is 13.0 Å². The zero-order valence-corrected chi connectivity index (χ0v) is 14.7. The highest BCUT2D eigenvalue weighted by Gasteiger charge is 2.30. The van der Waals surface area contributed by atoms with E-state index in [0.29, 0.717) is 5.92 Å². The maximum atomic E-state index is 5.77. The molecule has 0 atom stereocenters. The Hall–Kier alpha value is -0.0800. The zero-order valence-electron chi connectivity index (χ0n) is 14.7. The lowest BCUT2D eigenvalue weighted by Gasteiger charge is -2.33. The van der Waals surface area contributed by atoms with Crippen LogP contribution in [0.15, 0.2) is 0 Å². The second kappa shape index (κ2) is 12.6. The minimum Gasteiger partial charge on any atom is -0.236 e. The van der Waals surface area contributed by atoms with Crippen molar-refractivity contribution in [2.45, 2.75) is 104 Å². The molecule has 0 aliphatic rings. The Kier molecular flexibility index (Phi) is 12.6. The van der Waals surface area contributed by atoms with Crippen molar-refractivity contribution >= 4 is 0 Å². The van der Waals surface area contributed by atoms with Gasteiger partial charge in [-0.1, -0.05) is 65.7 Å². The number of hydrogen-bond acceptors (Lipinski definition) is 2. The summed E-state index contributed by atoms with van der Waals surface area (Å²) in [7, 11) is 0. The second-order valence-corrected chi connectivity index (χ2v) is 6.55. The van der Waals surface area contributed by atoms with Gasteiger partial charge in [-0.05, 0) is 39.0 Å². The van der Waals surface area contributed by atoms with Crippen LogP contribution < -0.4 is 0 Å². The van der Waals surface area contributed by atoms with Gasteiger partial charge in [-0.2, -0.15) is 0 Å². The first-order valence-corrected chi connectivity index (χ1v) is 8.89. The molecule has 0 bridgehead atoms. The van der Waals surface area contributed by atoms with E-state index in [4.69, 9.17) is 9.78 Å². The van der Waals surface area contributed by atoms with Crippen LogP contribution in [0.5, 0.6) is 0 Å². The van der Waals surface area contributed by atoms with Crippen LogP contribution >= 0.6 is 0 Å². The summed E-state index contributed by atoms with van der Waals surface area (Å²) >= 11 is 0. The van der Waals surface area contributed by atoms with Gasteiger partial charge in [0, 0.05) is 0 Å². The highest BCUT2D eigenvalue weighted by molar-refractivity contribution is 4.78. The third-order valence-corrected chi connectivity index (χ3v) is 4.15. The highest BCUT2D eigenvalue weighted by atomic mass is 17.2. The van der Waals surface area contributed by atoms with Crippen molar-refractivity contribution < 1.29 is 9.78 Å². The predicted octanol–water partition coefficient (Wildman–Crippen LogP) is 6.29. The summed E-state index contributed by atoms with van der Waals surface area (Å²) in [5, 5.41) is 0. The molecule has 0 saturated carbocycles. The normalized spacial score (nSPS) is 12.3. The molecule has 2 heteroatoms. The molecule has 0 aromatic heterocycles. The Morgan fingerprint density at radius 1 is 0.750 bits per heavy atom. The van der Waals surface area contributed by atoms with E-state index in [1.165, 1.54) is 57.8 Å². The van der Waals surface area contributed by atoms with Gasteiger partial charge in [0.05, 0.1) is 6.61 Å². The fourth-order valence-electron chi connectivity index (χ4n) is 2.59. The standard InChI is InChI=1S/C18H38O2/c1-6-9-12-13-16-19-20-18(4,5)17(14-10-7-2)15-11-8-3/h17H,6-16H2,1-5H3. The Labute approximate surface area is 127 Å². The summed E-state index contributed by atoms with van der Waals surface area (Å²) in [6.07, 6.45) is 12.5. The van der Waals surface area contributed by atoms with Gasteiger partial charge < -0.3 is 0 Å². The monoisotopic (exact) mass is 286 g/mol. The maximum absolute atomic E-state index is 5.77. The van der Waals surface area contributed by atoms with Crippen LogP contribution in [0, 0.1) is 5.92 Å². The summed E-state index contributed by atoms with van der Waals surface area (Å²) in [4.78, 5) is 11.3. The van der Waals surface area contributed by atoms with E-state index in [-0.39, 0.29) is 5.60 Å². The van der Waals surface area contributed by atoms with Crippen LogP contribution in [0.25, 0.3) is 0 Å². The van der Waals surface area contributed by atoms with Gasteiger partial charge in [-0.15, -0.1) is 0 Å². The molecule has 0 aliphatic carbocycles. The third kappa shape index (κ3) is 9.77. The van der Waals surface area contributed by atoms with Crippen molar-refractivity contribution in [1.29, 1.82) is 0 Å². The van der Waals surface area contributed by atoms with Gasteiger partial charge in [-0.25, -0.2) is 9.78 Å². The predicted molar refractivity (Wildman–Crippen MR) is 87.8 cm³/mol. The largest absolute Gasteiger partial charge is 0.236 e. The minimum atomic E-state index is -0.158. The average Bonchev–Trinajstić information content (AvgIpc) is 2.42. The molecule has 0 unspecified atom stereocenters. The number of rotatable bonds is 14. The Balaban J connectivity index is 4.02. The molecule has 20 heavy (non-hydrogen) atoms. The van der Waals surface area contributed by atoms with E-state index < -0.39 is 0 Å². The smallest absolute Gasteiger partial charge is 0.101 e. The summed E-state index contributed by atoms with van der Waals surface area (Å²) in [6, 6.07) is 0. The summed E-state index contributed by atoms with van der Waals surface area (Å²) in [5.41, 5.74) is -0.158. The minimum absolute atomic E-state index is 0.158. The van der Waals surface area contributed by atoms with Crippen molar-refractivity contribution in [3.05, 3.63) is 0 Å². The summed E-state index contributed by atoms with van der Waals surface area (Å²) in [6.45, 7) is 11.9. The first-order valence-electron chi connectivity index (χ1n) is 8.89. The quantitative estimate of drug-likeness (QED) is 0.212. The summed E-state index contributed by atoms with van der Waals surface area (Å²) < 4.78 is 0. The van der Waals surface area contributed by atoms with Crippen LogP contribution in [0.3, 0.4) is 0 Å². The Morgan fingerprint density at radius 2 is 1.30 bits per heavy atom. The lowest BCUT2D eigenvalue weighted by molar-refractivity contribution is -0.365. The topological polar surface area (TPSA) is 18.5 Å². The molecular formula is C18H38O2. The fraction of sp³-hybridized carbons (Fsp3) is 1.00. The first-order chi connectivity index (χ1) is 9.58. The fourth-order valence-corrected chi connectivity index (χ4v) is 2.59. The van der Waals surface area contributed by atoms with Crippen LogP contribution in [-0.2, 0) is 9.78 Å². The molecule has 0 aliphatic heterocycles. The second-order valence-electron chi connectivity index (χ2n) is 6.55. The first kappa shape index (κ1) is 19.9. The lowest BCUT2D eigenvalue weighted by Crippen LogP contribution is -2.35. The highest BCUT2D eigenvalue weighted by Crippen LogP contribution is 2.31. The van der Waals surface area contributed by atoms with E-state index in [2.05, 4.69) is 34.6 Å². The Morgan fingerprint density at radius 3 is 1.80 bits per heavy atom. The van der Waals surface area contributed by atoms with Crippen LogP contribution in [0.2, 0.25) is 0 Å². The molecule has 0 aromatic rings. The van der Waals surface area contributed by atoms with Gasteiger partial charge in [-0.3, -0.25) is 0 Å². The van der Waals surface area contributed by atoms with Crippen LogP contribution in [0.1, 0.15) is 98.8 Å². The molecular weight excluding hydrogens is 248 g/mol. The molecule has 0 radical (unpaired) electrons. The molecule has 2 nitrogen and oxygen atoms in total. The SMILES string of the molecule is CCCCCCOOC(C)(C)C(CCCC)CCCC. The van der Waals surface area contributed by atoms with E-state index in [9.17, 15) is 0 Å². The van der Waals surface area contributed by atoms with Crippen molar-refractivity contribution in [2.24, 2.45) is 5.92 Å². The molecule has 0 N–H and O–H groups in total. The molecule has 0 rings (SSSR count). The number of hydrogen-bond donors (Lipinski definition) is 0. The molecule has 0 saturated heterocycles. The lowest BCUT2D eigenvalue weighted by atomic mass is 9.83. The zero-order chi connectivity index (χ0) is 15.3. The van der Waals surface area contributed by atoms with E-state index in [1.54, 1.807) is 0 Å². The van der Waals surface area contributed by atoms with Crippen molar-refractivity contribution in [2.75, 3.05) is 6.61 Å². The third-order valence-electron chi connectivity index (χ3n) is 4.15. The molecule has 0 amide bonds. The average molecular weight is 286 g/mol. The van der Waals surface area contributed by atoms with Crippen molar-refractivity contribution in [3.63, 3.8) is 0 Å². The summed E-state index contributed by atoms with van der Waals surface area (Å²) in [5.74, 6) is 0.609. The van der Waals surface area contributed by atoms with E-state index >= 15 is 0 Å². The van der Waals surface area contributed by atoms with Crippen molar-refractivity contribution in [3.8, 4) is 0 Å².